The lowest BCUT2D eigenvalue weighted by Crippen LogP contribution is -2.00. The van der Waals surface area contributed by atoms with E-state index in [2.05, 4.69) is 4.98 Å². The molecule has 0 radical (unpaired) electrons. The molecule has 0 bridgehead atoms. The van der Waals surface area contributed by atoms with Crippen LogP contribution in [0.2, 0.25) is 0 Å². The van der Waals surface area contributed by atoms with E-state index < -0.39 is 0 Å². The number of aromatic amines is 1. The predicted molar refractivity (Wildman–Crippen MR) is 52.7 cm³/mol. The molecule has 0 aliphatic carbocycles. The lowest BCUT2D eigenvalue weighted by Gasteiger charge is -1.98. The Morgan fingerprint density at radius 3 is 3.07 bits per heavy atom. The van der Waals surface area contributed by atoms with Crippen molar-refractivity contribution in [1.82, 2.24) is 4.98 Å². The molecule has 0 fully saturated rings. The molecule has 0 saturated heterocycles. The number of hydrogen-bond acceptors (Lipinski definition) is 4. The Bertz CT molecular complexity index is 540. The van der Waals surface area contributed by atoms with Crippen molar-refractivity contribution in [2.75, 3.05) is 0 Å². The van der Waals surface area contributed by atoms with Crippen LogP contribution in [0.4, 0.5) is 0 Å². The van der Waals surface area contributed by atoms with E-state index in [0.717, 1.165) is 5.52 Å². The fourth-order valence-corrected chi connectivity index (χ4v) is 1.35. The zero-order valence-corrected chi connectivity index (χ0v) is 8.18. The molecule has 1 N–H and O–H groups in total. The minimum absolute atomic E-state index is 0.306. The fraction of sp³-hybridized carbons (Fsp3) is 0.111. The van der Waals surface area contributed by atoms with Gasteiger partial charge >= 0.3 is 5.97 Å². The second kappa shape index (κ2) is 3.26. The Hall–Kier alpha value is -1.62. The van der Waals surface area contributed by atoms with Gasteiger partial charge in [-0.25, -0.2) is 0 Å². The highest BCUT2D eigenvalue weighted by atomic mass is 32.1. The molecule has 1 aromatic heterocycles. The van der Waals surface area contributed by atoms with Crippen molar-refractivity contribution in [1.29, 1.82) is 0 Å². The van der Waals surface area contributed by atoms with Crippen LogP contribution in [0.5, 0.6) is 5.75 Å². The maximum absolute atomic E-state index is 10.7. The molecule has 0 aliphatic rings. The summed E-state index contributed by atoms with van der Waals surface area (Å²) in [6, 6.07) is 5.03. The minimum atomic E-state index is -0.363. The molecule has 5 heteroatoms. The summed E-state index contributed by atoms with van der Waals surface area (Å²) in [5.41, 5.74) is 1.36. The highest BCUT2D eigenvalue weighted by molar-refractivity contribution is 7.71. The molecule has 1 heterocycles. The van der Waals surface area contributed by atoms with Gasteiger partial charge in [-0.3, -0.25) is 4.79 Å². The topological polar surface area (TPSA) is 55.2 Å². The van der Waals surface area contributed by atoms with Crippen LogP contribution in [0.25, 0.3) is 11.1 Å². The standard InChI is InChI=1S/C9H7NO3S/c1-5(11)12-6-2-3-7-8(4-6)13-9(14)10-7/h2-4H,1H3,(H,10,14). The molecule has 14 heavy (non-hydrogen) atoms. The average Bonchev–Trinajstić information content (AvgIpc) is 2.42. The summed E-state index contributed by atoms with van der Waals surface area (Å²) in [6.45, 7) is 1.34. The smallest absolute Gasteiger partial charge is 0.308 e. The number of ether oxygens (including phenoxy) is 1. The van der Waals surface area contributed by atoms with Crippen LogP contribution < -0.4 is 4.74 Å². The van der Waals surface area contributed by atoms with Crippen LogP contribution >= 0.6 is 12.2 Å². The largest absolute Gasteiger partial charge is 0.429 e. The van der Waals surface area contributed by atoms with Gasteiger partial charge in [0.2, 0.25) is 0 Å². The first-order chi connectivity index (χ1) is 6.65. The molecule has 0 saturated carbocycles. The number of carbonyl (C=O) groups excluding carboxylic acids is 1. The van der Waals surface area contributed by atoms with E-state index in [0.29, 0.717) is 16.2 Å². The summed E-state index contributed by atoms with van der Waals surface area (Å²) < 4.78 is 10.0. The average molecular weight is 209 g/mol. The van der Waals surface area contributed by atoms with Gasteiger partial charge in [0.05, 0.1) is 5.52 Å². The van der Waals surface area contributed by atoms with Crippen molar-refractivity contribution < 1.29 is 13.9 Å². The number of esters is 1. The molecular weight excluding hydrogens is 202 g/mol. The summed E-state index contributed by atoms with van der Waals surface area (Å²) >= 11 is 4.81. The summed E-state index contributed by atoms with van der Waals surface area (Å²) in [7, 11) is 0. The van der Waals surface area contributed by atoms with Crippen LogP contribution in [-0.2, 0) is 4.79 Å². The lowest BCUT2D eigenvalue weighted by atomic mass is 10.3. The predicted octanol–water partition coefficient (Wildman–Crippen LogP) is 2.42. The van der Waals surface area contributed by atoms with E-state index in [1.165, 1.54) is 6.92 Å². The zero-order valence-electron chi connectivity index (χ0n) is 7.37. The number of nitrogens with one attached hydrogen (secondary N) is 1. The van der Waals surface area contributed by atoms with Crippen LogP contribution in [-0.4, -0.2) is 11.0 Å². The Kier molecular flexibility index (Phi) is 2.09. The van der Waals surface area contributed by atoms with Crippen molar-refractivity contribution in [3.8, 4) is 5.75 Å². The highest BCUT2D eigenvalue weighted by Crippen LogP contribution is 2.20. The Morgan fingerprint density at radius 2 is 2.36 bits per heavy atom. The quantitative estimate of drug-likeness (QED) is 0.445. The van der Waals surface area contributed by atoms with E-state index in [4.69, 9.17) is 21.4 Å². The third-order valence-corrected chi connectivity index (χ3v) is 1.84. The normalized spacial score (nSPS) is 10.4. The van der Waals surface area contributed by atoms with Crippen LogP contribution in [0.1, 0.15) is 6.92 Å². The maximum Gasteiger partial charge on any atom is 0.308 e. The van der Waals surface area contributed by atoms with Gasteiger partial charge in [0.15, 0.2) is 5.58 Å². The van der Waals surface area contributed by atoms with Gasteiger partial charge in [-0.2, -0.15) is 0 Å². The summed E-state index contributed by atoms with van der Waals surface area (Å²) in [5, 5.41) is 0. The number of oxazole rings is 1. The first kappa shape index (κ1) is 8.96. The second-order valence-corrected chi connectivity index (χ2v) is 3.14. The second-order valence-electron chi connectivity index (χ2n) is 2.77. The number of carbonyl (C=O) groups is 1. The van der Waals surface area contributed by atoms with Crippen molar-refractivity contribution in [2.24, 2.45) is 0 Å². The molecule has 72 valence electrons. The maximum atomic E-state index is 10.7. The molecule has 2 rings (SSSR count). The molecule has 0 unspecified atom stereocenters. The molecule has 0 amide bonds. The number of hydrogen-bond donors (Lipinski definition) is 1. The van der Waals surface area contributed by atoms with Crippen LogP contribution in [0.15, 0.2) is 22.6 Å². The third-order valence-electron chi connectivity index (χ3n) is 1.65. The Balaban J connectivity index is 2.50. The number of fused-ring (bicyclic) bond motifs is 1. The summed E-state index contributed by atoms with van der Waals surface area (Å²) in [4.78, 5) is 13.8. The highest BCUT2D eigenvalue weighted by Gasteiger charge is 2.02. The minimum Gasteiger partial charge on any atom is -0.429 e. The van der Waals surface area contributed by atoms with E-state index in [-0.39, 0.29) is 5.97 Å². The molecule has 0 spiro atoms. The first-order valence-electron chi connectivity index (χ1n) is 3.96. The summed E-state index contributed by atoms with van der Waals surface area (Å²) in [5.74, 6) is 0.0845. The summed E-state index contributed by atoms with van der Waals surface area (Å²) in [6.07, 6.45) is 0. The number of aromatic nitrogens is 1. The molecule has 0 aliphatic heterocycles. The van der Waals surface area contributed by atoms with Gasteiger partial charge < -0.3 is 14.1 Å². The van der Waals surface area contributed by atoms with Gasteiger partial charge in [-0.15, -0.1) is 0 Å². The monoisotopic (exact) mass is 209 g/mol. The van der Waals surface area contributed by atoms with Gasteiger partial charge in [-0.05, 0) is 24.4 Å². The first-order valence-corrected chi connectivity index (χ1v) is 4.37. The van der Waals surface area contributed by atoms with Crippen LogP contribution in [0.3, 0.4) is 0 Å². The zero-order chi connectivity index (χ0) is 10.1. The number of rotatable bonds is 1. The molecule has 2 aromatic rings. The van der Waals surface area contributed by atoms with Gasteiger partial charge in [0.1, 0.15) is 5.75 Å². The molecule has 1 aromatic carbocycles. The van der Waals surface area contributed by atoms with Gasteiger partial charge in [0, 0.05) is 13.0 Å². The van der Waals surface area contributed by atoms with Gasteiger partial charge in [0.25, 0.3) is 4.84 Å². The molecule has 0 atom stereocenters. The van der Waals surface area contributed by atoms with E-state index >= 15 is 0 Å². The molecular formula is C9H7NO3S. The Morgan fingerprint density at radius 1 is 1.57 bits per heavy atom. The Labute approximate surface area is 84.5 Å². The van der Waals surface area contributed by atoms with Crippen LogP contribution in [0, 0.1) is 4.84 Å². The van der Waals surface area contributed by atoms with Crippen molar-refractivity contribution in [3.05, 3.63) is 23.0 Å². The van der Waals surface area contributed by atoms with E-state index in [1.807, 2.05) is 0 Å². The van der Waals surface area contributed by atoms with Crippen molar-refractivity contribution in [3.63, 3.8) is 0 Å². The van der Waals surface area contributed by atoms with E-state index in [1.54, 1.807) is 18.2 Å². The van der Waals surface area contributed by atoms with Crippen molar-refractivity contribution >= 4 is 29.3 Å². The fourth-order valence-electron chi connectivity index (χ4n) is 1.16. The molecule has 4 nitrogen and oxygen atoms in total. The lowest BCUT2D eigenvalue weighted by molar-refractivity contribution is -0.131. The van der Waals surface area contributed by atoms with Gasteiger partial charge in [-0.1, -0.05) is 0 Å². The van der Waals surface area contributed by atoms with E-state index in [9.17, 15) is 4.79 Å². The number of benzene rings is 1. The SMILES string of the molecule is CC(=O)Oc1ccc2[nH]c(=S)oc2c1. The third kappa shape index (κ3) is 1.67. The number of H-pyrrole nitrogens is 1. The van der Waals surface area contributed by atoms with Crippen molar-refractivity contribution in [2.45, 2.75) is 6.92 Å².